The van der Waals surface area contributed by atoms with Crippen LogP contribution >= 0.6 is 0 Å². The highest BCUT2D eigenvalue weighted by Gasteiger charge is 2.27. The predicted octanol–water partition coefficient (Wildman–Crippen LogP) is 1.55. The standard InChI is InChI=1S/C14H23N3O/c1-17-9-5-6-11(17)10-16-13-8-4-2-3-7-12(13)14(15)18/h5-6,9,12-13,16H,2-4,7-8,10H2,1H3,(H2,15,18)/t12-,13-/m1/s1. The maximum absolute atomic E-state index is 11.5. The summed E-state index contributed by atoms with van der Waals surface area (Å²) in [6, 6.07) is 4.37. The van der Waals surface area contributed by atoms with Crippen molar-refractivity contribution >= 4 is 5.91 Å². The van der Waals surface area contributed by atoms with Crippen molar-refractivity contribution in [3.05, 3.63) is 24.0 Å². The fraction of sp³-hybridized carbons (Fsp3) is 0.643. The molecule has 0 aliphatic heterocycles. The summed E-state index contributed by atoms with van der Waals surface area (Å²) in [4.78, 5) is 11.5. The summed E-state index contributed by atoms with van der Waals surface area (Å²) in [6.07, 6.45) is 7.55. The Morgan fingerprint density at radius 3 is 2.89 bits per heavy atom. The maximum Gasteiger partial charge on any atom is 0.222 e. The highest BCUT2D eigenvalue weighted by Crippen LogP contribution is 2.23. The number of aromatic nitrogens is 1. The Kier molecular flexibility index (Phi) is 4.42. The number of aryl methyl sites for hydroxylation is 1. The summed E-state index contributed by atoms with van der Waals surface area (Å²) in [7, 11) is 2.04. The molecule has 1 aliphatic rings. The highest BCUT2D eigenvalue weighted by molar-refractivity contribution is 5.77. The Bertz CT molecular complexity index is 399. The van der Waals surface area contributed by atoms with Crippen LogP contribution in [0.4, 0.5) is 0 Å². The van der Waals surface area contributed by atoms with E-state index in [0.717, 1.165) is 25.8 Å². The first kappa shape index (κ1) is 13.1. The third-order valence-corrected chi connectivity index (χ3v) is 3.98. The molecule has 0 aromatic carbocycles. The first-order chi connectivity index (χ1) is 8.68. The van der Waals surface area contributed by atoms with E-state index in [1.54, 1.807) is 0 Å². The van der Waals surface area contributed by atoms with Crippen LogP contribution in [0.15, 0.2) is 18.3 Å². The van der Waals surface area contributed by atoms with Crippen molar-refractivity contribution in [2.75, 3.05) is 0 Å². The van der Waals surface area contributed by atoms with E-state index >= 15 is 0 Å². The Labute approximate surface area is 109 Å². The number of nitrogens with two attached hydrogens (primary N) is 1. The number of hydrogen-bond acceptors (Lipinski definition) is 2. The molecule has 3 N–H and O–H groups in total. The number of carbonyl (C=O) groups excluding carboxylic acids is 1. The summed E-state index contributed by atoms with van der Waals surface area (Å²) in [5, 5.41) is 3.51. The van der Waals surface area contributed by atoms with Gasteiger partial charge in [-0.15, -0.1) is 0 Å². The first-order valence-electron chi connectivity index (χ1n) is 6.81. The number of nitrogens with one attached hydrogen (secondary N) is 1. The van der Waals surface area contributed by atoms with Crippen LogP contribution in [0.1, 0.15) is 37.8 Å². The second-order valence-corrected chi connectivity index (χ2v) is 5.24. The summed E-state index contributed by atoms with van der Waals surface area (Å²) in [6.45, 7) is 0.804. The van der Waals surface area contributed by atoms with Gasteiger partial charge in [-0.2, -0.15) is 0 Å². The zero-order chi connectivity index (χ0) is 13.0. The average Bonchev–Trinajstić information content (AvgIpc) is 2.62. The van der Waals surface area contributed by atoms with Gasteiger partial charge in [0.05, 0.1) is 5.92 Å². The Balaban J connectivity index is 1.96. The monoisotopic (exact) mass is 249 g/mol. The molecule has 0 saturated heterocycles. The molecule has 1 aliphatic carbocycles. The second kappa shape index (κ2) is 6.05. The van der Waals surface area contributed by atoms with Crippen LogP contribution in [0.3, 0.4) is 0 Å². The Morgan fingerprint density at radius 2 is 2.22 bits per heavy atom. The number of carbonyl (C=O) groups is 1. The van der Waals surface area contributed by atoms with E-state index in [1.807, 2.05) is 19.3 Å². The van der Waals surface area contributed by atoms with E-state index in [1.165, 1.54) is 18.5 Å². The summed E-state index contributed by atoms with van der Waals surface area (Å²) in [5.74, 6) is -0.158. The minimum Gasteiger partial charge on any atom is -0.369 e. The molecule has 1 saturated carbocycles. The molecule has 18 heavy (non-hydrogen) atoms. The van der Waals surface area contributed by atoms with Crippen LogP contribution in [-0.2, 0) is 18.4 Å². The lowest BCUT2D eigenvalue weighted by atomic mass is 9.94. The lowest BCUT2D eigenvalue weighted by Gasteiger charge is -2.23. The van der Waals surface area contributed by atoms with Crippen molar-refractivity contribution in [3.8, 4) is 0 Å². The van der Waals surface area contributed by atoms with Crippen molar-refractivity contribution < 1.29 is 4.79 Å². The number of amides is 1. The quantitative estimate of drug-likeness (QED) is 0.795. The van der Waals surface area contributed by atoms with Gasteiger partial charge >= 0.3 is 0 Å². The van der Waals surface area contributed by atoms with Gasteiger partial charge in [0.1, 0.15) is 0 Å². The molecule has 4 nitrogen and oxygen atoms in total. The molecule has 0 radical (unpaired) electrons. The molecule has 2 atom stereocenters. The van der Waals surface area contributed by atoms with E-state index in [2.05, 4.69) is 16.0 Å². The molecule has 1 amide bonds. The van der Waals surface area contributed by atoms with E-state index in [4.69, 9.17) is 5.73 Å². The van der Waals surface area contributed by atoms with Gasteiger partial charge in [0, 0.05) is 31.5 Å². The zero-order valence-electron chi connectivity index (χ0n) is 11.1. The summed E-state index contributed by atoms with van der Waals surface area (Å²) < 4.78 is 2.10. The van der Waals surface area contributed by atoms with Gasteiger partial charge in [0.2, 0.25) is 5.91 Å². The van der Waals surface area contributed by atoms with Crippen molar-refractivity contribution in [1.29, 1.82) is 0 Å². The first-order valence-corrected chi connectivity index (χ1v) is 6.81. The van der Waals surface area contributed by atoms with Crippen molar-refractivity contribution in [3.63, 3.8) is 0 Å². The molecular weight excluding hydrogens is 226 g/mol. The molecule has 0 spiro atoms. The number of rotatable bonds is 4. The van der Waals surface area contributed by atoms with E-state index in [9.17, 15) is 4.79 Å². The topological polar surface area (TPSA) is 60.1 Å². The van der Waals surface area contributed by atoms with Crippen LogP contribution in [0.5, 0.6) is 0 Å². The number of hydrogen-bond donors (Lipinski definition) is 2. The maximum atomic E-state index is 11.5. The van der Waals surface area contributed by atoms with E-state index < -0.39 is 0 Å². The molecule has 1 fully saturated rings. The van der Waals surface area contributed by atoms with Gasteiger partial charge < -0.3 is 15.6 Å². The van der Waals surface area contributed by atoms with Gasteiger partial charge in [-0.1, -0.05) is 19.3 Å². The lowest BCUT2D eigenvalue weighted by molar-refractivity contribution is -0.122. The smallest absolute Gasteiger partial charge is 0.222 e. The van der Waals surface area contributed by atoms with Gasteiger partial charge in [0.15, 0.2) is 0 Å². The summed E-state index contributed by atoms with van der Waals surface area (Å²) >= 11 is 0. The molecule has 4 heteroatoms. The van der Waals surface area contributed by atoms with Crippen molar-refractivity contribution in [2.45, 2.75) is 44.7 Å². The molecule has 2 rings (SSSR count). The van der Waals surface area contributed by atoms with Gasteiger partial charge in [-0.05, 0) is 25.0 Å². The van der Waals surface area contributed by atoms with Crippen LogP contribution in [0, 0.1) is 5.92 Å². The normalized spacial score (nSPS) is 24.7. The second-order valence-electron chi connectivity index (χ2n) is 5.24. The minimum atomic E-state index is -0.152. The third kappa shape index (κ3) is 3.13. The fourth-order valence-corrected chi connectivity index (χ4v) is 2.81. The number of nitrogens with zero attached hydrogens (tertiary/aromatic N) is 1. The molecule has 1 aromatic rings. The Morgan fingerprint density at radius 1 is 1.44 bits per heavy atom. The van der Waals surface area contributed by atoms with Crippen molar-refractivity contribution in [2.24, 2.45) is 18.7 Å². The van der Waals surface area contributed by atoms with Gasteiger partial charge in [-0.3, -0.25) is 4.79 Å². The molecule has 1 heterocycles. The SMILES string of the molecule is Cn1cccc1CN[C@@H]1CCCCC[C@H]1C(N)=O. The molecule has 1 aromatic heterocycles. The van der Waals surface area contributed by atoms with Crippen LogP contribution < -0.4 is 11.1 Å². The van der Waals surface area contributed by atoms with Gasteiger partial charge in [-0.25, -0.2) is 0 Å². The van der Waals surface area contributed by atoms with E-state index in [0.29, 0.717) is 0 Å². The lowest BCUT2D eigenvalue weighted by Crippen LogP contribution is -2.42. The van der Waals surface area contributed by atoms with E-state index in [-0.39, 0.29) is 17.9 Å². The van der Waals surface area contributed by atoms with Crippen LogP contribution in [-0.4, -0.2) is 16.5 Å². The highest BCUT2D eigenvalue weighted by atomic mass is 16.1. The van der Waals surface area contributed by atoms with Crippen molar-refractivity contribution in [1.82, 2.24) is 9.88 Å². The molecule has 0 bridgehead atoms. The molecule has 100 valence electrons. The van der Waals surface area contributed by atoms with Crippen LogP contribution in [0.25, 0.3) is 0 Å². The average molecular weight is 249 g/mol. The predicted molar refractivity (Wildman–Crippen MR) is 71.8 cm³/mol. The summed E-state index contributed by atoms with van der Waals surface area (Å²) in [5.41, 5.74) is 6.76. The minimum absolute atomic E-state index is 0.00670. The Hall–Kier alpha value is -1.29. The van der Waals surface area contributed by atoms with Crippen LogP contribution in [0.2, 0.25) is 0 Å². The number of primary amides is 1. The largest absolute Gasteiger partial charge is 0.369 e. The van der Waals surface area contributed by atoms with Gasteiger partial charge in [0.25, 0.3) is 0 Å². The zero-order valence-corrected chi connectivity index (χ0v) is 11.1. The fourth-order valence-electron chi connectivity index (χ4n) is 2.81. The third-order valence-electron chi connectivity index (χ3n) is 3.98. The molecular formula is C14H23N3O. The molecule has 0 unspecified atom stereocenters.